The van der Waals surface area contributed by atoms with Crippen molar-refractivity contribution in [2.45, 2.75) is 13.8 Å². The third-order valence-electron chi connectivity index (χ3n) is 3.17. The van der Waals surface area contributed by atoms with E-state index in [1.54, 1.807) is 30.0 Å². The second-order valence-electron chi connectivity index (χ2n) is 4.47. The Kier molecular flexibility index (Phi) is 4.13. The average Bonchev–Trinajstić information content (AvgIpc) is 2.66. The standard InChI is InChI=1S/C14H16BrN3O2/c1-8-13(9(2)18(3)17-8)16-14(19)11-7-10(20-4)5-6-12(11)15/h5-7H,1-4H3,(H,16,19). The summed E-state index contributed by atoms with van der Waals surface area (Å²) < 4.78 is 7.60. The van der Waals surface area contributed by atoms with E-state index in [0.717, 1.165) is 21.5 Å². The van der Waals surface area contributed by atoms with Crippen LogP contribution in [0.5, 0.6) is 5.75 Å². The lowest BCUT2D eigenvalue weighted by molar-refractivity contribution is 0.102. The number of anilines is 1. The molecule has 20 heavy (non-hydrogen) atoms. The minimum atomic E-state index is -0.199. The molecule has 1 aromatic carbocycles. The molecule has 6 heteroatoms. The SMILES string of the molecule is COc1ccc(Br)c(C(=O)Nc2c(C)nn(C)c2C)c1. The number of aryl methyl sites for hydroxylation is 2. The lowest BCUT2D eigenvalue weighted by atomic mass is 10.2. The highest BCUT2D eigenvalue weighted by atomic mass is 79.9. The molecule has 0 bridgehead atoms. The van der Waals surface area contributed by atoms with Gasteiger partial charge in [-0.05, 0) is 48.0 Å². The van der Waals surface area contributed by atoms with Gasteiger partial charge in [-0.15, -0.1) is 0 Å². The molecule has 1 N–H and O–H groups in total. The molecular weight excluding hydrogens is 322 g/mol. The topological polar surface area (TPSA) is 56.1 Å². The highest BCUT2D eigenvalue weighted by molar-refractivity contribution is 9.10. The van der Waals surface area contributed by atoms with Gasteiger partial charge in [-0.3, -0.25) is 9.48 Å². The van der Waals surface area contributed by atoms with E-state index in [4.69, 9.17) is 4.74 Å². The summed E-state index contributed by atoms with van der Waals surface area (Å²) in [6, 6.07) is 5.28. The fraction of sp³-hybridized carbons (Fsp3) is 0.286. The summed E-state index contributed by atoms with van der Waals surface area (Å²) >= 11 is 3.38. The van der Waals surface area contributed by atoms with Crippen LogP contribution in [0.4, 0.5) is 5.69 Å². The van der Waals surface area contributed by atoms with Gasteiger partial charge in [0.1, 0.15) is 5.75 Å². The number of hydrogen-bond acceptors (Lipinski definition) is 3. The quantitative estimate of drug-likeness (QED) is 0.936. The molecule has 0 saturated carbocycles. The van der Waals surface area contributed by atoms with Crippen molar-refractivity contribution >= 4 is 27.5 Å². The maximum Gasteiger partial charge on any atom is 0.257 e. The summed E-state index contributed by atoms with van der Waals surface area (Å²) in [5.74, 6) is 0.438. The van der Waals surface area contributed by atoms with Crippen LogP contribution in [0.15, 0.2) is 22.7 Å². The Labute approximate surface area is 126 Å². The molecule has 0 atom stereocenters. The number of ether oxygens (including phenoxy) is 1. The van der Waals surface area contributed by atoms with Gasteiger partial charge in [0.15, 0.2) is 0 Å². The summed E-state index contributed by atoms with van der Waals surface area (Å²) in [5.41, 5.74) is 2.96. The van der Waals surface area contributed by atoms with E-state index in [2.05, 4.69) is 26.3 Å². The molecule has 0 saturated heterocycles. The van der Waals surface area contributed by atoms with Crippen LogP contribution in [0.3, 0.4) is 0 Å². The smallest absolute Gasteiger partial charge is 0.257 e. The Morgan fingerprint density at radius 3 is 2.65 bits per heavy atom. The number of rotatable bonds is 3. The number of nitrogens with one attached hydrogen (secondary N) is 1. The molecule has 0 aliphatic heterocycles. The minimum Gasteiger partial charge on any atom is -0.497 e. The Bertz CT molecular complexity index is 665. The molecule has 0 aliphatic rings. The van der Waals surface area contributed by atoms with Gasteiger partial charge in [-0.1, -0.05) is 0 Å². The first-order valence-corrected chi connectivity index (χ1v) is 6.88. The highest BCUT2D eigenvalue weighted by Gasteiger charge is 2.16. The summed E-state index contributed by atoms with van der Waals surface area (Å²) in [6.07, 6.45) is 0. The van der Waals surface area contributed by atoms with Gasteiger partial charge in [-0.2, -0.15) is 5.10 Å². The molecule has 2 aromatic rings. The Hall–Kier alpha value is -1.82. The molecule has 5 nitrogen and oxygen atoms in total. The van der Waals surface area contributed by atoms with E-state index in [-0.39, 0.29) is 5.91 Å². The second-order valence-corrected chi connectivity index (χ2v) is 5.32. The maximum atomic E-state index is 12.4. The van der Waals surface area contributed by atoms with E-state index in [1.807, 2.05) is 20.9 Å². The predicted molar refractivity (Wildman–Crippen MR) is 81.3 cm³/mol. The fourth-order valence-corrected chi connectivity index (χ4v) is 2.37. The summed E-state index contributed by atoms with van der Waals surface area (Å²) in [6.45, 7) is 3.78. The van der Waals surface area contributed by atoms with E-state index in [0.29, 0.717) is 11.3 Å². The van der Waals surface area contributed by atoms with Crippen molar-refractivity contribution in [1.82, 2.24) is 9.78 Å². The molecule has 0 fully saturated rings. The molecule has 0 spiro atoms. The fourth-order valence-electron chi connectivity index (χ4n) is 1.94. The molecule has 1 amide bonds. The predicted octanol–water partition coefficient (Wildman–Crippen LogP) is 3.06. The normalized spacial score (nSPS) is 10.4. The van der Waals surface area contributed by atoms with Crippen molar-refractivity contribution in [3.63, 3.8) is 0 Å². The van der Waals surface area contributed by atoms with Crippen molar-refractivity contribution < 1.29 is 9.53 Å². The first-order valence-electron chi connectivity index (χ1n) is 6.09. The molecule has 1 heterocycles. The van der Waals surface area contributed by atoms with Crippen LogP contribution in [0.25, 0.3) is 0 Å². The van der Waals surface area contributed by atoms with Crippen LogP contribution in [0.1, 0.15) is 21.7 Å². The molecule has 0 aliphatic carbocycles. The first kappa shape index (κ1) is 14.6. The summed E-state index contributed by atoms with van der Waals surface area (Å²) in [7, 11) is 3.42. The number of carbonyl (C=O) groups is 1. The minimum absolute atomic E-state index is 0.199. The molecule has 106 valence electrons. The van der Waals surface area contributed by atoms with Crippen molar-refractivity contribution in [1.29, 1.82) is 0 Å². The molecule has 0 unspecified atom stereocenters. The van der Waals surface area contributed by atoms with Gasteiger partial charge in [0.25, 0.3) is 5.91 Å². The lowest BCUT2D eigenvalue weighted by Crippen LogP contribution is -2.14. The van der Waals surface area contributed by atoms with Crippen LogP contribution in [0.2, 0.25) is 0 Å². The lowest BCUT2D eigenvalue weighted by Gasteiger charge is -2.09. The van der Waals surface area contributed by atoms with Gasteiger partial charge in [0.2, 0.25) is 0 Å². The monoisotopic (exact) mass is 337 g/mol. The van der Waals surface area contributed by atoms with E-state index in [9.17, 15) is 4.79 Å². The summed E-state index contributed by atoms with van der Waals surface area (Å²) in [5, 5.41) is 7.18. The molecule has 2 rings (SSSR count). The Morgan fingerprint density at radius 2 is 2.10 bits per heavy atom. The zero-order valence-electron chi connectivity index (χ0n) is 11.8. The van der Waals surface area contributed by atoms with Crippen LogP contribution in [-0.2, 0) is 7.05 Å². The summed E-state index contributed by atoms with van der Waals surface area (Å²) in [4.78, 5) is 12.4. The third-order valence-corrected chi connectivity index (χ3v) is 3.86. The van der Waals surface area contributed by atoms with E-state index in [1.165, 1.54) is 0 Å². The van der Waals surface area contributed by atoms with Gasteiger partial charge in [0.05, 0.1) is 29.7 Å². The third kappa shape index (κ3) is 2.70. The van der Waals surface area contributed by atoms with Gasteiger partial charge in [0, 0.05) is 11.5 Å². The number of halogens is 1. The van der Waals surface area contributed by atoms with Gasteiger partial charge >= 0.3 is 0 Å². The number of carbonyl (C=O) groups excluding carboxylic acids is 1. The maximum absolute atomic E-state index is 12.4. The second kappa shape index (κ2) is 5.66. The van der Waals surface area contributed by atoms with Crippen LogP contribution in [0, 0.1) is 13.8 Å². The van der Waals surface area contributed by atoms with Crippen molar-refractivity contribution in [2.24, 2.45) is 7.05 Å². The van der Waals surface area contributed by atoms with Gasteiger partial charge < -0.3 is 10.1 Å². The molecular formula is C14H16BrN3O2. The number of amides is 1. The number of nitrogens with zero attached hydrogens (tertiary/aromatic N) is 2. The molecule has 1 aromatic heterocycles. The van der Waals surface area contributed by atoms with Crippen molar-refractivity contribution in [2.75, 3.05) is 12.4 Å². The van der Waals surface area contributed by atoms with E-state index < -0.39 is 0 Å². The zero-order chi connectivity index (χ0) is 14.9. The van der Waals surface area contributed by atoms with Crippen LogP contribution >= 0.6 is 15.9 Å². The number of benzene rings is 1. The van der Waals surface area contributed by atoms with Crippen molar-refractivity contribution in [3.05, 3.63) is 39.6 Å². The van der Waals surface area contributed by atoms with Crippen LogP contribution < -0.4 is 10.1 Å². The largest absolute Gasteiger partial charge is 0.497 e. The van der Waals surface area contributed by atoms with Gasteiger partial charge in [-0.25, -0.2) is 0 Å². The Balaban J connectivity index is 2.33. The van der Waals surface area contributed by atoms with Crippen LogP contribution in [-0.4, -0.2) is 22.8 Å². The number of methoxy groups -OCH3 is 1. The Morgan fingerprint density at radius 1 is 1.40 bits per heavy atom. The van der Waals surface area contributed by atoms with E-state index >= 15 is 0 Å². The highest BCUT2D eigenvalue weighted by Crippen LogP contribution is 2.25. The first-order chi connectivity index (χ1) is 9.43. The van der Waals surface area contributed by atoms with Crippen molar-refractivity contribution in [3.8, 4) is 5.75 Å². The number of hydrogen-bond donors (Lipinski definition) is 1. The zero-order valence-corrected chi connectivity index (χ0v) is 13.4. The number of aromatic nitrogens is 2. The molecule has 0 radical (unpaired) electrons. The average molecular weight is 338 g/mol.